The van der Waals surface area contributed by atoms with Crippen LogP contribution in [0.3, 0.4) is 0 Å². The summed E-state index contributed by atoms with van der Waals surface area (Å²) < 4.78 is 14.8. The predicted molar refractivity (Wildman–Crippen MR) is 58.9 cm³/mol. The smallest absolute Gasteiger partial charge is 0.217 e. The highest BCUT2D eigenvalue weighted by Crippen LogP contribution is 2.11. The molecule has 2 rings (SSSR count). The van der Waals surface area contributed by atoms with Crippen LogP contribution in [0.4, 0.5) is 4.39 Å². The summed E-state index contributed by atoms with van der Waals surface area (Å²) in [6.07, 6.45) is 1.46. The van der Waals surface area contributed by atoms with Crippen molar-refractivity contribution < 1.29 is 9.18 Å². The fourth-order valence-corrected chi connectivity index (χ4v) is 1.43. The zero-order chi connectivity index (χ0) is 12.3. The average Bonchev–Trinajstić information content (AvgIpc) is 2.78. The van der Waals surface area contributed by atoms with Crippen LogP contribution in [0.15, 0.2) is 30.5 Å². The molecule has 0 saturated heterocycles. The van der Waals surface area contributed by atoms with Gasteiger partial charge in [-0.1, -0.05) is 17.3 Å². The monoisotopic (exact) mass is 234 g/mol. The largest absolute Gasteiger partial charge is 0.329 e. The summed E-state index contributed by atoms with van der Waals surface area (Å²) in [4.78, 5) is 11.9. The van der Waals surface area contributed by atoms with E-state index in [0.717, 1.165) is 0 Å². The van der Waals surface area contributed by atoms with E-state index < -0.39 is 11.6 Å². The molecule has 1 aromatic heterocycles. The van der Waals surface area contributed by atoms with Gasteiger partial charge in [-0.25, -0.2) is 4.39 Å². The van der Waals surface area contributed by atoms with Crippen molar-refractivity contribution in [2.45, 2.75) is 6.54 Å². The number of benzene rings is 1. The Morgan fingerprint density at radius 3 is 2.88 bits per heavy atom. The lowest BCUT2D eigenvalue weighted by Gasteiger charge is -1.98. The van der Waals surface area contributed by atoms with Crippen molar-refractivity contribution in [3.8, 4) is 0 Å². The fraction of sp³-hybridized carbons (Fsp3) is 0.182. The molecule has 2 aromatic rings. The first-order chi connectivity index (χ1) is 8.22. The standard InChI is InChI=1S/C11H11FN4O/c12-9-4-2-1-3-8(9)11(17)10-7-16(6-5-13)15-14-10/h1-4,7H,5-6,13H2. The summed E-state index contributed by atoms with van der Waals surface area (Å²) in [5, 5.41) is 7.42. The molecule has 0 unspecified atom stereocenters. The molecule has 0 spiro atoms. The normalized spacial score (nSPS) is 10.5. The maximum absolute atomic E-state index is 13.4. The Balaban J connectivity index is 2.28. The number of rotatable bonds is 4. The van der Waals surface area contributed by atoms with Gasteiger partial charge < -0.3 is 5.73 Å². The lowest BCUT2D eigenvalue weighted by atomic mass is 10.1. The molecule has 0 fully saturated rings. The summed E-state index contributed by atoms with van der Waals surface area (Å²) in [6.45, 7) is 0.869. The second-order valence-corrected chi connectivity index (χ2v) is 3.46. The van der Waals surface area contributed by atoms with Crippen LogP contribution >= 0.6 is 0 Å². The third-order valence-corrected chi connectivity index (χ3v) is 2.25. The van der Waals surface area contributed by atoms with Crippen LogP contribution in [-0.4, -0.2) is 27.3 Å². The highest BCUT2D eigenvalue weighted by atomic mass is 19.1. The molecule has 0 radical (unpaired) electrons. The Morgan fingerprint density at radius 1 is 1.41 bits per heavy atom. The second kappa shape index (κ2) is 4.84. The summed E-state index contributed by atoms with van der Waals surface area (Å²) >= 11 is 0. The summed E-state index contributed by atoms with van der Waals surface area (Å²) in [5.41, 5.74) is 5.45. The zero-order valence-corrected chi connectivity index (χ0v) is 9.01. The summed E-state index contributed by atoms with van der Waals surface area (Å²) in [6, 6.07) is 5.77. The molecule has 2 N–H and O–H groups in total. The van der Waals surface area contributed by atoms with Crippen LogP contribution in [0.25, 0.3) is 0 Å². The Morgan fingerprint density at radius 2 is 2.18 bits per heavy atom. The van der Waals surface area contributed by atoms with Crippen molar-refractivity contribution in [3.63, 3.8) is 0 Å². The molecule has 0 saturated carbocycles. The lowest BCUT2D eigenvalue weighted by molar-refractivity contribution is 0.103. The number of carbonyl (C=O) groups excluding carboxylic acids is 1. The average molecular weight is 234 g/mol. The van der Waals surface area contributed by atoms with Crippen LogP contribution in [0, 0.1) is 5.82 Å². The van der Waals surface area contributed by atoms with E-state index in [-0.39, 0.29) is 11.3 Å². The van der Waals surface area contributed by atoms with E-state index in [1.54, 1.807) is 6.07 Å². The van der Waals surface area contributed by atoms with E-state index in [4.69, 9.17) is 5.73 Å². The summed E-state index contributed by atoms with van der Waals surface area (Å²) in [5.74, 6) is -1.04. The van der Waals surface area contributed by atoms with E-state index in [9.17, 15) is 9.18 Å². The molecule has 1 heterocycles. The minimum absolute atomic E-state index is 0.00713. The molecule has 6 heteroatoms. The van der Waals surface area contributed by atoms with Gasteiger partial charge in [0.25, 0.3) is 0 Å². The number of halogens is 1. The molecule has 0 aliphatic heterocycles. The number of nitrogens with two attached hydrogens (primary N) is 1. The number of hydrogen-bond acceptors (Lipinski definition) is 4. The van der Waals surface area contributed by atoms with Crippen molar-refractivity contribution in [2.24, 2.45) is 5.73 Å². The minimum atomic E-state index is -0.564. The van der Waals surface area contributed by atoms with Gasteiger partial charge in [-0.05, 0) is 12.1 Å². The second-order valence-electron chi connectivity index (χ2n) is 3.46. The van der Waals surface area contributed by atoms with Gasteiger partial charge in [0.2, 0.25) is 5.78 Å². The van der Waals surface area contributed by atoms with Crippen molar-refractivity contribution in [2.75, 3.05) is 6.54 Å². The Labute approximate surface area is 97.0 Å². The number of hydrogen-bond donors (Lipinski definition) is 1. The first-order valence-electron chi connectivity index (χ1n) is 5.12. The molecule has 0 aliphatic carbocycles. The van der Waals surface area contributed by atoms with Crippen LogP contribution in [-0.2, 0) is 6.54 Å². The molecule has 0 amide bonds. The SMILES string of the molecule is NCCn1cc(C(=O)c2ccccc2F)nn1. The molecular formula is C11H11FN4O. The Bertz CT molecular complexity index is 538. The maximum atomic E-state index is 13.4. The quantitative estimate of drug-likeness (QED) is 0.786. The van der Waals surface area contributed by atoms with Crippen molar-refractivity contribution in [3.05, 3.63) is 47.5 Å². The van der Waals surface area contributed by atoms with Gasteiger partial charge in [0, 0.05) is 6.54 Å². The molecule has 1 aromatic carbocycles. The minimum Gasteiger partial charge on any atom is -0.329 e. The van der Waals surface area contributed by atoms with E-state index in [1.165, 1.54) is 29.1 Å². The third kappa shape index (κ3) is 2.36. The first-order valence-corrected chi connectivity index (χ1v) is 5.12. The van der Waals surface area contributed by atoms with E-state index in [2.05, 4.69) is 10.3 Å². The van der Waals surface area contributed by atoms with Crippen LogP contribution in [0.2, 0.25) is 0 Å². The van der Waals surface area contributed by atoms with Gasteiger partial charge in [0.1, 0.15) is 5.82 Å². The van der Waals surface area contributed by atoms with Gasteiger partial charge in [-0.2, -0.15) is 0 Å². The van der Waals surface area contributed by atoms with Gasteiger partial charge in [0.05, 0.1) is 18.3 Å². The van der Waals surface area contributed by atoms with Gasteiger partial charge in [-0.15, -0.1) is 5.10 Å². The molecule has 88 valence electrons. The number of aromatic nitrogens is 3. The zero-order valence-electron chi connectivity index (χ0n) is 9.01. The van der Waals surface area contributed by atoms with E-state index in [0.29, 0.717) is 13.1 Å². The van der Waals surface area contributed by atoms with Gasteiger partial charge in [0.15, 0.2) is 5.69 Å². The Hall–Kier alpha value is -2.08. The van der Waals surface area contributed by atoms with Crippen LogP contribution < -0.4 is 5.73 Å². The molecule has 0 aliphatic rings. The lowest BCUT2D eigenvalue weighted by Crippen LogP contribution is -2.10. The molecule has 0 bridgehead atoms. The van der Waals surface area contributed by atoms with Gasteiger partial charge >= 0.3 is 0 Å². The predicted octanol–water partition coefficient (Wildman–Crippen LogP) is 0.607. The van der Waals surface area contributed by atoms with Gasteiger partial charge in [-0.3, -0.25) is 9.48 Å². The van der Waals surface area contributed by atoms with Crippen molar-refractivity contribution in [1.82, 2.24) is 15.0 Å². The van der Waals surface area contributed by atoms with Crippen molar-refractivity contribution in [1.29, 1.82) is 0 Å². The summed E-state index contributed by atoms with van der Waals surface area (Å²) in [7, 11) is 0. The Kier molecular flexibility index (Phi) is 3.24. The van der Waals surface area contributed by atoms with E-state index >= 15 is 0 Å². The molecule has 17 heavy (non-hydrogen) atoms. The van der Waals surface area contributed by atoms with Crippen LogP contribution in [0.1, 0.15) is 16.1 Å². The van der Waals surface area contributed by atoms with Crippen LogP contribution in [0.5, 0.6) is 0 Å². The maximum Gasteiger partial charge on any atom is 0.217 e. The highest BCUT2D eigenvalue weighted by molar-refractivity contribution is 6.07. The fourth-order valence-electron chi connectivity index (χ4n) is 1.43. The molecule has 0 atom stereocenters. The molecule has 5 nitrogen and oxygen atoms in total. The molecular weight excluding hydrogens is 223 g/mol. The highest BCUT2D eigenvalue weighted by Gasteiger charge is 2.16. The number of carbonyl (C=O) groups is 1. The number of ketones is 1. The third-order valence-electron chi connectivity index (χ3n) is 2.25. The van der Waals surface area contributed by atoms with Crippen molar-refractivity contribution >= 4 is 5.78 Å². The number of nitrogens with zero attached hydrogens (tertiary/aromatic N) is 3. The topological polar surface area (TPSA) is 73.8 Å². The van der Waals surface area contributed by atoms with E-state index in [1.807, 2.05) is 0 Å². The first kappa shape index (κ1) is 11.4.